The lowest BCUT2D eigenvalue weighted by atomic mass is 9.91. The second-order valence-electron chi connectivity index (χ2n) is 7.89. The van der Waals surface area contributed by atoms with Crippen LogP contribution in [0.5, 0.6) is 0 Å². The summed E-state index contributed by atoms with van der Waals surface area (Å²) < 4.78 is 2.30. The summed E-state index contributed by atoms with van der Waals surface area (Å²) in [5, 5.41) is 5.45. The summed E-state index contributed by atoms with van der Waals surface area (Å²) in [7, 11) is 0. The first-order chi connectivity index (χ1) is 13.7. The summed E-state index contributed by atoms with van der Waals surface area (Å²) in [6, 6.07) is 22.7. The van der Waals surface area contributed by atoms with E-state index in [2.05, 4.69) is 92.5 Å². The van der Waals surface area contributed by atoms with Crippen molar-refractivity contribution < 1.29 is 0 Å². The molecule has 0 unspecified atom stereocenters. The molecule has 0 saturated carbocycles. The minimum Gasteiger partial charge on any atom is -0.0578 e. The molecule has 0 N–H and O–H groups in total. The van der Waals surface area contributed by atoms with Crippen molar-refractivity contribution in [2.75, 3.05) is 0 Å². The Morgan fingerprint density at radius 3 is 1.43 bits per heavy atom. The van der Waals surface area contributed by atoms with Gasteiger partial charge in [-0.2, -0.15) is 0 Å². The van der Waals surface area contributed by atoms with E-state index in [9.17, 15) is 0 Å². The fourth-order valence-corrected chi connectivity index (χ4v) is 5.95. The first-order valence-electron chi connectivity index (χ1n) is 9.84. The zero-order valence-electron chi connectivity index (χ0n) is 15.4. The molecule has 0 aromatic heterocycles. The molecule has 0 saturated heterocycles. The molecule has 6 rings (SSSR count). The molecule has 0 nitrogen and oxygen atoms in total. The van der Waals surface area contributed by atoms with Gasteiger partial charge in [-0.15, -0.1) is 0 Å². The van der Waals surface area contributed by atoms with Crippen molar-refractivity contribution in [3.63, 3.8) is 0 Å². The Labute approximate surface area is 181 Å². The highest BCUT2D eigenvalue weighted by Crippen LogP contribution is 2.48. The number of rotatable bonds is 0. The fourth-order valence-electron chi connectivity index (χ4n) is 5.19. The number of hydrogen-bond donors (Lipinski definition) is 0. The van der Waals surface area contributed by atoms with Crippen LogP contribution >= 0.6 is 31.9 Å². The predicted molar refractivity (Wildman–Crippen MR) is 127 cm³/mol. The molecular formula is C26H18Br2. The number of aryl methyl sites for hydroxylation is 2. The van der Waals surface area contributed by atoms with Crippen LogP contribution < -0.4 is 0 Å². The van der Waals surface area contributed by atoms with E-state index in [0.29, 0.717) is 0 Å². The van der Waals surface area contributed by atoms with Gasteiger partial charge in [0.1, 0.15) is 0 Å². The van der Waals surface area contributed by atoms with E-state index in [-0.39, 0.29) is 0 Å². The van der Waals surface area contributed by atoms with E-state index in [1.54, 1.807) is 11.1 Å². The number of halogens is 2. The first-order valence-corrected chi connectivity index (χ1v) is 11.4. The highest BCUT2D eigenvalue weighted by Gasteiger charge is 2.27. The summed E-state index contributed by atoms with van der Waals surface area (Å²) in [5.41, 5.74) is 9.18. The van der Waals surface area contributed by atoms with Crippen LogP contribution in [0.4, 0.5) is 0 Å². The van der Waals surface area contributed by atoms with Crippen molar-refractivity contribution in [3.8, 4) is 0 Å². The van der Waals surface area contributed by atoms with Crippen molar-refractivity contribution >= 4 is 64.6 Å². The maximum Gasteiger partial charge on any atom is 0.0181 e. The normalized spacial score (nSPS) is 18.1. The summed E-state index contributed by atoms with van der Waals surface area (Å²) in [5.74, 6) is 0. The van der Waals surface area contributed by atoms with E-state index in [0.717, 1.165) is 34.6 Å². The lowest BCUT2D eigenvalue weighted by molar-refractivity contribution is 1.06. The molecule has 136 valence electrons. The molecule has 0 amide bonds. The minimum absolute atomic E-state index is 1.15. The van der Waals surface area contributed by atoms with E-state index in [1.165, 1.54) is 43.8 Å². The Morgan fingerprint density at radius 2 is 0.964 bits per heavy atom. The monoisotopic (exact) mass is 488 g/mol. The molecule has 0 heterocycles. The minimum atomic E-state index is 1.15. The standard InChI is InChI=1S/C26H18Br2/c27-19-7-11-21-17(13-19)3-1-15-5-9-23(25(15)21)24-10-6-16-2-4-18-14-20(28)8-12-22(18)26(16)24/h1-4,7-8,11-14H,5-6,9-10H2/b24-23-. The lowest BCUT2D eigenvalue weighted by Crippen LogP contribution is -1.90. The Bertz CT molecular complexity index is 1220. The largest absolute Gasteiger partial charge is 0.0578 e. The maximum atomic E-state index is 3.63. The van der Waals surface area contributed by atoms with Crippen LogP contribution in [-0.2, 0) is 12.8 Å². The molecule has 2 heteroatoms. The highest BCUT2D eigenvalue weighted by molar-refractivity contribution is 9.10. The van der Waals surface area contributed by atoms with Crippen molar-refractivity contribution in [2.45, 2.75) is 25.7 Å². The van der Waals surface area contributed by atoms with E-state index >= 15 is 0 Å². The van der Waals surface area contributed by atoms with Gasteiger partial charge in [0, 0.05) is 8.95 Å². The summed E-state index contributed by atoms with van der Waals surface area (Å²) in [4.78, 5) is 0. The van der Waals surface area contributed by atoms with Gasteiger partial charge in [0.2, 0.25) is 0 Å². The third-order valence-corrected chi connectivity index (χ3v) is 7.38. The zero-order chi connectivity index (χ0) is 18.8. The molecule has 4 aromatic rings. The van der Waals surface area contributed by atoms with Crippen LogP contribution in [0.15, 0.2) is 69.6 Å². The summed E-state index contributed by atoms with van der Waals surface area (Å²) in [6.45, 7) is 0. The number of fused-ring (bicyclic) bond motifs is 6. The predicted octanol–water partition coefficient (Wildman–Crippen LogP) is 8.32. The number of allylic oxidation sites excluding steroid dienone is 2. The van der Waals surface area contributed by atoms with Gasteiger partial charge in [-0.1, -0.05) is 68.3 Å². The van der Waals surface area contributed by atoms with Crippen LogP contribution in [0.3, 0.4) is 0 Å². The Hall–Kier alpha value is -1.90. The molecule has 28 heavy (non-hydrogen) atoms. The van der Waals surface area contributed by atoms with E-state index in [4.69, 9.17) is 0 Å². The van der Waals surface area contributed by atoms with E-state index in [1.807, 2.05) is 0 Å². The maximum absolute atomic E-state index is 3.63. The van der Waals surface area contributed by atoms with Gasteiger partial charge in [-0.3, -0.25) is 0 Å². The van der Waals surface area contributed by atoms with Crippen molar-refractivity contribution in [3.05, 3.63) is 91.9 Å². The zero-order valence-corrected chi connectivity index (χ0v) is 18.5. The average Bonchev–Trinajstić information content (AvgIpc) is 3.31. The summed E-state index contributed by atoms with van der Waals surface area (Å²) >= 11 is 7.27. The van der Waals surface area contributed by atoms with E-state index < -0.39 is 0 Å². The Kier molecular flexibility index (Phi) is 3.83. The second-order valence-corrected chi connectivity index (χ2v) is 9.72. The van der Waals surface area contributed by atoms with Gasteiger partial charge in [-0.25, -0.2) is 0 Å². The third-order valence-electron chi connectivity index (χ3n) is 6.39. The quantitative estimate of drug-likeness (QED) is 0.233. The molecule has 0 aliphatic heterocycles. The topological polar surface area (TPSA) is 0 Å². The Morgan fingerprint density at radius 1 is 0.500 bits per heavy atom. The average molecular weight is 490 g/mol. The molecule has 4 aromatic carbocycles. The number of hydrogen-bond acceptors (Lipinski definition) is 0. The molecule has 0 fully saturated rings. The Balaban J connectivity index is 1.67. The molecule has 0 radical (unpaired) electrons. The molecule has 2 aliphatic rings. The van der Waals surface area contributed by atoms with Crippen LogP contribution in [0, 0.1) is 0 Å². The molecule has 0 atom stereocenters. The number of benzene rings is 4. The van der Waals surface area contributed by atoms with Crippen molar-refractivity contribution in [1.82, 2.24) is 0 Å². The summed E-state index contributed by atoms with van der Waals surface area (Å²) in [6.07, 6.45) is 4.63. The van der Waals surface area contributed by atoms with Gasteiger partial charge in [0.25, 0.3) is 0 Å². The highest BCUT2D eigenvalue weighted by atomic mass is 79.9. The fraction of sp³-hybridized carbons (Fsp3) is 0.154. The van der Waals surface area contributed by atoms with Crippen LogP contribution in [0.25, 0.3) is 32.7 Å². The molecule has 0 spiro atoms. The third kappa shape index (κ3) is 2.47. The van der Waals surface area contributed by atoms with Gasteiger partial charge in [-0.05, 0) is 105 Å². The second kappa shape index (κ2) is 6.30. The van der Waals surface area contributed by atoms with Crippen molar-refractivity contribution in [1.29, 1.82) is 0 Å². The smallest absolute Gasteiger partial charge is 0.0181 e. The van der Waals surface area contributed by atoms with Gasteiger partial charge >= 0.3 is 0 Å². The molecular weight excluding hydrogens is 472 g/mol. The van der Waals surface area contributed by atoms with Crippen LogP contribution in [0.2, 0.25) is 0 Å². The SMILES string of the molecule is Brc1ccc2c3c(ccc2c1)CC/C3=C1\CCc2ccc3cc(Br)ccc3c21. The first kappa shape index (κ1) is 17.0. The van der Waals surface area contributed by atoms with Crippen molar-refractivity contribution in [2.24, 2.45) is 0 Å². The lowest BCUT2D eigenvalue weighted by Gasteiger charge is -2.13. The van der Waals surface area contributed by atoms with Gasteiger partial charge < -0.3 is 0 Å². The molecule has 0 bridgehead atoms. The van der Waals surface area contributed by atoms with Gasteiger partial charge in [0.15, 0.2) is 0 Å². The van der Waals surface area contributed by atoms with Crippen LogP contribution in [0.1, 0.15) is 35.1 Å². The van der Waals surface area contributed by atoms with Gasteiger partial charge in [0.05, 0.1) is 0 Å². The molecule has 2 aliphatic carbocycles. The van der Waals surface area contributed by atoms with Crippen LogP contribution in [-0.4, -0.2) is 0 Å².